The van der Waals surface area contributed by atoms with E-state index in [1.54, 1.807) is 0 Å². The van der Waals surface area contributed by atoms with E-state index in [2.05, 4.69) is 13.8 Å². The predicted octanol–water partition coefficient (Wildman–Crippen LogP) is 0.917. The fourth-order valence-electron chi connectivity index (χ4n) is 0.511. The van der Waals surface area contributed by atoms with Crippen molar-refractivity contribution < 1.29 is 4.21 Å². The summed E-state index contributed by atoms with van der Waals surface area (Å²) in [7, 11) is -0.465. The summed E-state index contributed by atoms with van der Waals surface area (Å²) in [6, 6.07) is 0. The van der Waals surface area contributed by atoms with Gasteiger partial charge in [-0.05, 0) is 13.3 Å². The van der Waals surface area contributed by atoms with Crippen LogP contribution < -0.4 is 0 Å². The second-order valence-electron chi connectivity index (χ2n) is 2.29. The standard InChI is InChI=1S/C5H10OS/c1-3-5(2)4-7(5)6/h3-4H2,1-2H3. The molecule has 0 aromatic carbocycles. The van der Waals surface area contributed by atoms with E-state index in [0.29, 0.717) is 0 Å². The van der Waals surface area contributed by atoms with Crippen LogP contribution in [0, 0.1) is 0 Å². The van der Waals surface area contributed by atoms with Crippen molar-refractivity contribution in [1.29, 1.82) is 0 Å². The summed E-state index contributed by atoms with van der Waals surface area (Å²) >= 11 is 0. The second-order valence-corrected chi connectivity index (χ2v) is 4.26. The van der Waals surface area contributed by atoms with Crippen LogP contribution in [-0.2, 0) is 10.8 Å². The van der Waals surface area contributed by atoms with Gasteiger partial charge in [0.05, 0.1) is 4.75 Å². The molecule has 1 nitrogen and oxygen atoms in total. The molecule has 0 saturated carbocycles. The van der Waals surface area contributed by atoms with Crippen molar-refractivity contribution in [2.45, 2.75) is 25.0 Å². The van der Waals surface area contributed by atoms with Gasteiger partial charge in [0.25, 0.3) is 0 Å². The highest BCUT2D eigenvalue weighted by Gasteiger charge is 2.45. The van der Waals surface area contributed by atoms with Crippen LogP contribution >= 0.6 is 0 Å². The quantitative estimate of drug-likeness (QED) is 0.468. The lowest BCUT2D eigenvalue weighted by Gasteiger charge is -1.93. The molecule has 0 N–H and O–H groups in total. The average molecular weight is 118 g/mol. The predicted molar refractivity (Wildman–Crippen MR) is 31.7 cm³/mol. The topological polar surface area (TPSA) is 17.1 Å². The lowest BCUT2D eigenvalue weighted by molar-refractivity contribution is 0.679. The second kappa shape index (κ2) is 1.31. The molecule has 42 valence electrons. The molecule has 1 fully saturated rings. The minimum atomic E-state index is -0.465. The van der Waals surface area contributed by atoms with Gasteiger partial charge in [0, 0.05) is 16.6 Å². The summed E-state index contributed by atoms with van der Waals surface area (Å²) < 4.78 is 10.8. The Kier molecular flexibility index (Phi) is 0.991. The first kappa shape index (κ1) is 5.29. The van der Waals surface area contributed by atoms with Crippen LogP contribution in [-0.4, -0.2) is 14.7 Å². The van der Waals surface area contributed by atoms with E-state index in [1.165, 1.54) is 0 Å². The summed E-state index contributed by atoms with van der Waals surface area (Å²) in [6.45, 7) is 4.16. The molecule has 0 spiro atoms. The molecule has 0 aliphatic carbocycles. The van der Waals surface area contributed by atoms with Crippen molar-refractivity contribution in [3.05, 3.63) is 0 Å². The molecule has 1 saturated heterocycles. The van der Waals surface area contributed by atoms with Crippen LogP contribution in [0.2, 0.25) is 0 Å². The van der Waals surface area contributed by atoms with E-state index >= 15 is 0 Å². The Morgan fingerprint density at radius 3 is 2.29 bits per heavy atom. The highest BCUT2D eigenvalue weighted by Crippen LogP contribution is 2.33. The zero-order chi connectivity index (χ0) is 5.49. The highest BCUT2D eigenvalue weighted by molar-refractivity contribution is 7.94. The SMILES string of the molecule is CCC1(C)CS1=O. The van der Waals surface area contributed by atoms with Gasteiger partial charge >= 0.3 is 0 Å². The van der Waals surface area contributed by atoms with Crippen molar-refractivity contribution in [1.82, 2.24) is 0 Å². The van der Waals surface area contributed by atoms with Crippen LogP contribution in [0.15, 0.2) is 0 Å². The van der Waals surface area contributed by atoms with Crippen LogP contribution in [0.25, 0.3) is 0 Å². The smallest absolute Gasteiger partial charge is 0.0544 e. The number of rotatable bonds is 1. The van der Waals surface area contributed by atoms with Gasteiger partial charge in [0.1, 0.15) is 0 Å². The van der Waals surface area contributed by atoms with Gasteiger partial charge in [-0.25, -0.2) is 0 Å². The molecule has 0 bridgehead atoms. The summed E-state index contributed by atoms with van der Waals surface area (Å²) in [5.41, 5.74) is 0. The molecular formula is C5H10OS. The van der Waals surface area contributed by atoms with Gasteiger partial charge in [-0.3, -0.25) is 4.21 Å². The van der Waals surface area contributed by atoms with Crippen molar-refractivity contribution in [3.8, 4) is 0 Å². The highest BCUT2D eigenvalue weighted by atomic mass is 32.2. The van der Waals surface area contributed by atoms with Gasteiger partial charge in [0.15, 0.2) is 0 Å². The largest absolute Gasteiger partial charge is 0.259 e. The normalized spacial score (nSPS) is 49.1. The van der Waals surface area contributed by atoms with Crippen molar-refractivity contribution in [2.75, 3.05) is 5.75 Å². The van der Waals surface area contributed by atoms with Crippen LogP contribution in [0.3, 0.4) is 0 Å². The summed E-state index contributed by atoms with van der Waals surface area (Å²) in [5, 5.41) is 0. The maximum absolute atomic E-state index is 10.6. The Balaban J connectivity index is 2.52. The molecule has 2 heteroatoms. The Morgan fingerprint density at radius 2 is 2.29 bits per heavy atom. The van der Waals surface area contributed by atoms with Gasteiger partial charge in [0.2, 0.25) is 0 Å². The van der Waals surface area contributed by atoms with E-state index < -0.39 is 10.8 Å². The van der Waals surface area contributed by atoms with Crippen LogP contribution in [0.1, 0.15) is 20.3 Å². The summed E-state index contributed by atoms with van der Waals surface area (Å²) in [6.07, 6.45) is 1.07. The Bertz CT molecular complexity index is 111. The summed E-state index contributed by atoms with van der Waals surface area (Å²) in [4.78, 5) is 0. The molecule has 0 amide bonds. The zero-order valence-electron chi connectivity index (χ0n) is 4.73. The third kappa shape index (κ3) is 0.717. The van der Waals surface area contributed by atoms with E-state index in [9.17, 15) is 4.21 Å². The number of hydrogen-bond donors (Lipinski definition) is 0. The maximum Gasteiger partial charge on any atom is 0.0544 e. The van der Waals surface area contributed by atoms with Gasteiger partial charge in [-0.15, -0.1) is 0 Å². The lowest BCUT2D eigenvalue weighted by atomic mass is 10.2. The molecule has 0 radical (unpaired) electrons. The van der Waals surface area contributed by atoms with Gasteiger partial charge in [-0.2, -0.15) is 0 Å². The Hall–Kier alpha value is 0.150. The zero-order valence-corrected chi connectivity index (χ0v) is 5.55. The van der Waals surface area contributed by atoms with E-state index in [0.717, 1.165) is 12.2 Å². The molecule has 1 aliphatic rings. The first-order valence-electron chi connectivity index (χ1n) is 2.57. The minimum absolute atomic E-state index is 0.222. The first-order chi connectivity index (χ1) is 3.19. The molecule has 1 aliphatic heterocycles. The van der Waals surface area contributed by atoms with Crippen LogP contribution in [0.5, 0.6) is 0 Å². The molecule has 2 atom stereocenters. The molecule has 0 aromatic rings. The lowest BCUT2D eigenvalue weighted by Crippen LogP contribution is -2.00. The first-order valence-corrected chi connectivity index (χ1v) is 3.89. The monoisotopic (exact) mass is 118 g/mol. The van der Waals surface area contributed by atoms with Crippen molar-refractivity contribution in [3.63, 3.8) is 0 Å². The Labute approximate surface area is 46.6 Å². The average Bonchev–Trinajstić information content (AvgIpc) is 2.18. The Morgan fingerprint density at radius 1 is 1.86 bits per heavy atom. The fraction of sp³-hybridized carbons (Fsp3) is 1.00. The van der Waals surface area contributed by atoms with Crippen molar-refractivity contribution >= 4 is 10.8 Å². The maximum atomic E-state index is 10.6. The van der Waals surface area contributed by atoms with E-state index in [1.807, 2.05) is 0 Å². The molecular weight excluding hydrogens is 108 g/mol. The molecule has 0 aromatic heterocycles. The molecule has 1 rings (SSSR count). The third-order valence-corrected chi connectivity index (χ3v) is 3.73. The molecule has 1 heterocycles. The van der Waals surface area contributed by atoms with Gasteiger partial charge in [-0.1, -0.05) is 6.92 Å². The van der Waals surface area contributed by atoms with Crippen molar-refractivity contribution in [2.24, 2.45) is 0 Å². The van der Waals surface area contributed by atoms with E-state index in [4.69, 9.17) is 0 Å². The molecule has 2 unspecified atom stereocenters. The van der Waals surface area contributed by atoms with Gasteiger partial charge < -0.3 is 0 Å². The number of hydrogen-bond acceptors (Lipinski definition) is 1. The third-order valence-electron chi connectivity index (χ3n) is 1.65. The fourth-order valence-corrected chi connectivity index (χ4v) is 1.68. The van der Waals surface area contributed by atoms with E-state index in [-0.39, 0.29) is 4.75 Å². The minimum Gasteiger partial charge on any atom is -0.259 e. The molecule has 7 heavy (non-hydrogen) atoms. The van der Waals surface area contributed by atoms with Crippen LogP contribution in [0.4, 0.5) is 0 Å². The summed E-state index contributed by atoms with van der Waals surface area (Å²) in [5.74, 6) is 0.934.